The smallest absolute Gasteiger partial charge is 0.221 e. The summed E-state index contributed by atoms with van der Waals surface area (Å²) in [5.41, 5.74) is 7.39. The van der Waals surface area contributed by atoms with Gasteiger partial charge in [0.2, 0.25) is 5.91 Å². The van der Waals surface area contributed by atoms with Crippen molar-refractivity contribution in [3.63, 3.8) is 0 Å². The van der Waals surface area contributed by atoms with Gasteiger partial charge in [-0.05, 0) is 6.07 Å². The summed E-state index contributed by atoms with van der Waals surface area (Å²) in [5.74, 6) is 0.0771. The van der Waals surface area contributed by atoms with E-state index in [1.807, 2.05) is 0 Å². The molecule has 1 saturated heterocycles. The third-order valence-electron chi connectivity index (χ3n) is 2.72. The van der Waals surface area contributed by atoms with Gasteiger partial charge in [0.05, 0.1) is 11.9 Å². The van der Waals surface area contributed by atoms with E-state index in [1.165, 1.54) is 0 Å². The third-order valence-corrected chi connectivity index (χ3v) is 2.94. The molecule has 0 aliphatic carbocycles. The van der Waals surface area contributed by atoms with Crippen LogP contribution in [0.5, 0.6) is 0 Å². The SMILES string of the molecule is NC(=S)c1ccncc1N1CCNC(=O)CC1. The molecule has 2 rings (SSSR count). The molecule has 90 valence electrons. The van der Waals surface area contributed by atoms with Crippen LogP contribution >= 0.6 is 12.2 Å². The van der Waals surface area contributed by atoms with Gasteiger partial charge in [-0.15, -0.1) is 0 Å². The summed E-state index contributed by atoms with van der Waals surface area (Å²) in [6, 6.07) is 1.80. The number of rotatable bonds is 2. The Morgan fingerprint density at radius 3 is 3.12 bits per heavy atom. The number of amides is 1. The van der Waals surface area contributed by atoms with Crippen molar-refractivity contribution in [3.05, 3.63) is 24.0 Å². The lowest BCUT2D eigenvalue weighted by Crippen LogP contribution is -2.30. The molecule has 0 saturated carbocycles. The zero-order valence-electron chi connectivity index (χ0n) is 9.35. The predicted molar refractivity (Wildman–Crippen MR) is 70.0 cm³/mol. The molecule has 0 atom stereocenters. The lowest BCUT2D eigenvalue weighted by Gasteiger charge is -2.23. The normalized spacial score (nSPS) is 16.2. The Morgan fingerprint density at radius 2 is 2.35 bits per heavy atom. The number of hydrogen-bond acceptors (Lipinski definition) is 4. The summed E-state index contributed by atoms with van der Waals surface area (Å²) in [5, 5.41) is 2.83. The first-order valence-electron chi connectivity index (χ1n) is 5.44. The van der Waals surface area contributed by atoms with E-state index in [4.69, 9.17) is 18.0 Å². The van der Waals surface area contributed by atoms with Gasteiger partial charge in [-0.1, -0.05) is 12.2 Å². The monoisotopic (exact) mass is 250 g/mol. The molecule has 0 aromatic carbocycles. The molecule has 1 aromatic heterocycles. The van der Waals surface area contributed by atoms with Gasteiger partial charge < -0.3 is 16.0 Å². The number of nitrogens with two attached hydrogens (primary N) is 1. The lowest BCUT2D eigenvalue weighted by molar-refractivity contribution is -0.120. The fourth-order valence-corrected chi connectivity index (χ4v) is 2.03. The van der Waals surface area contributed by atoms with Crippen LogP contribution < -0.4 is 16.0 Å². The number of nitrogens with one attached hydrogen (secondary N) is 1. The van der Waals surface area contributed by atoms with E-state index in [2.05, 4.69) is 15.2 Å². The Morgan fingerprint density at radius 1 is 1.53 bits per heavy atom. The van der Waals surface area contributed by atoms with E-state index in [0.29, 0.717) is 24.5 Å². The number of aromatic nitrogens is 1. The maximum atomic E-state index is 11.3. The minimum Gasteiger partial charge on any atom is -0.389 e. The number of hydrogen-bond donors (Lipinski definition) is 2. The molecule has 2 heterocycles. The minimum absolute atomic E-state index is 0.0771. The fraction of sp³-hybridized carbons (Fsp3) is 0.364. The third kappa shape index (κ3) is 2.71. The topological polar surface area (TPSA) is 71.2 Å². The summed E-state index contributed by atoms with van der Waals surface area (Å²) in [6.07, 6.45) is 3.88. The van der Waals surface area contributed by atoms with Crippen molar-refractivity contribution in [1.82, 2.24) is 10.3 Å². The molecule has 1 aromatic rings. The first-order chi connectivity index (χ1) is 8.18. The Hall–Kier alpha value is -1.69. The second-order valence-corrected chi connectivity index (χ2v) is 4.28. The Balaban J connectivity index is 2.26. The molecule has 1 aliphatic heterocycles. The van der Waals surface area contributed by atoms with Gasteiger partial charge in [-0.25, -0.2) is 0 Å². The van der Waals surface area contributed by atoms with E-state index in [9.17, 15) is 4.79 Å². The quantitative estimate of drug-likeness (QED) is 0.725. The molecular weight excluding hydrogens is 236 g/mol. The Labute approximate surface area is 105 Å². The molecule has 3 N–H and O–H groups in total. The van der Waals surface area contributed by atoms with Gasteiger partial charge >= 0.3 is 0 Å². The van der Waals surface area contributed by atoms with Crippen LogP contribution in [-0.4, -0.2) is 35.5 Å². The second kappa shape index (κ2) is 5.09. The average molecular weight is 250 g/mol. The summed E-state index contributed by atoms with van der Waals surface area (Å²) in [6.45, 7) is 2.03. The molecule has 6 heteroatoms. The van der Waals surface area contributed by atoms with Crippen LogP contribution in [0.1, 0.15) is 12.0 Å². The van der Waals surface area contributed by atoms with Gasteiger partial charge in [0, 0.05) is 37.8 Å². The summed E-state index contributed by atoms with van der Waals surface area (Å²) in [4.78, 5) is 17.8. The second-order valence-electron chi connectivity index (χ2n) is 3.84. The molecular formula is C11H14N4OS. The fourth-order valence-electron chi connectivity index (χ4n) is 1.85. The van der Waals surface area contributed by atoms with Crippen LogP contribution in [0, 0.1) is 0 Å². The first-order valence-corrected chi connectivity index (χ1v) is 5.85. The zero-order chi connectivity index (χ0) is 12.3. The average Bonchev–Trinajstić information content (AvgIpc) is 2.54. The molecule has 0 spiro atoms. The predicted octanol–water partition coefficient (Wildman–Crippen LogP) is 0.0421. The minimum atomic E-state index is 0.0771. The standard InChI is InChI=1S/C11H14N4OS/c12-11(17)8-1-3-13-7-9(8)15-5-2-10(16)14-4-6-15/h1,3,7H,2,4-6H2,(H2,12,17)(H,14,16). The van der Waals surface area contributed by atoms with Gasteiger partial charge in [-0.2, -0.15) is 0 Å². The molecule has 0 radical (unpaired) electrons. The van der Waals surface area contributed by atoms with Crippen molar-refractivity contribution in [1.29, 1.82) is 0 Å². The largest absolute Gasteiger partial charge is 0.389 e. The van der Waals surface area contributed by atoms with Gasteiger partial charge in [0.25, 0.3) is 0 Å². The Kier molecular flexibility index (Phi) is 3.53. The maximum Gasteiger partial charge on any atom is 0.221 e. The van der Waals surface area contributed by atoms with E-state index in [-0.39, 0.29) is 5.91 Å². The van der Waals surface area contributed by atoms with Crippen molar-refractivity contribution in [2.24, 2.45) is 5.73 Å². The van der Waals surface area contributed by atoms with Crippen LogP contribution in [0.25, 0.3) is 0 Å². The molecule has 1 aliphatic rings. The summed E-state index contributed by atoms with van der Waals surface area (Å²) in [7, 11) is 0. The van der Waals surface area contributed by atoms with Gasteiger partial charge in [0.15, 0.2) is 0 Å². The lowest BCUT2D eigenvalue weighted by atomic mass is 10.2. The number of thiocarbonyl (C=S) groups is 1. The first kappa shape index (κ1) is 11.8. The highest BCUT2D eigenvalue weighted by Gasteiger charge is 2.17. The highest BCUT2D eigenvalue weighted by Crippen LogP contribution is 2.19. The van der Waals surface area contributed by atoms with Crippen molar-refractivity contribution < 1.29 is 4.79 Å². The molecule has 1 fully saturated rings. The molecule has 17 heavy (non-hydrogen) atoms. The van der Waals surface area contributed by atoms with Crippen LogP contribution in [0.15, 0.2) is 18.5 Å². The number of carbonyl (C=O) groups excluding carboxylic acids is 1. The Bertz CT molecular complexity index is 449. The van der Waals surface area contributed by atoms with E-state index >= 15 is 0 Å². The van der Waals surface area contributed by atoms with Crippen LogP contribution in [0.4, 0.5) is 5.69 Å². The van der Waals surface area contributed by atoms with Crippen molar-refractivity contribution in [2.75, 3.05) is 24.5 Å². The number of nitrogens with zero attached hydrogens (tertiary/aromatic N) is 2. The highest BCUT2D eigenvalue weighted by molar-refractivity contribution is 7.80. The van der Waals surface area contributed by atoms with Crippen LogP contribution in [0.2, 0.25) is 0 Å². The van der Waals surface area contributed by atoms with E-state index < -0.39 is 0 Å². The number of pyridine rings is 1. The highest BCUT2D eigenvalue weighted by atomic mass is 32.1. The van der Waals surface area contributed by atoms with Crippen LogP contribution in [-0.2, 0) is 4.79 Å². The molecule has 0 unspecified atom stereocenters. The maximum absolute atomic E-state index is 11.3. The van der Waals surface area contributed by atoms with Crippen molar-refractivity contribution in [2.45, 2.75) is 6.42 Å². The van der Waals surface area contributed by atoms with E-state index in [0.717, 1.165) is 17.8 Å². The van der Waals surface area contributed by atoms with Gasteiger partial charge in [0.1, 0.15) is 4.99 Å². The van der Waals surface area contributed by atoms with Crippen LogP contribution in [0.3, 0.4) is 0 Å². The molecule has 0 bridgehead atoms. The summed E-state index contributed by atoms with van der Waals surface area (Å²) >= 11 is 5.02. The van der Waals surface area contributed by atoms with Crippen molar-refractivity contribution >= 4 is 28.8 Å². The van der Waals surface area contributed by atoms with E-state index in [1.54, 1.807) is 18.5 Å². The number of anilines is 1. The van der Waals surface area contributed by atoms with Crippen molar-refractivity contribution in [3.8, 4) is 0 Å². The zero-order valence-corrected chi connectivity index (χ0v) is 10.2. The molecule has 5 nitrogen and oxygen atoms in total. The summed E-state index contributed by atoms with van der Waals surface area (Å²) < 4.78 is 0. The number of carbonyl (C=O) groups is 1. The molecule has 1 amide bonds. The van der Waals surface area contributed by atoms with Gasteiger partial charge in [-0.3, -0.25) is 9.78 Å².